The highest BCUT2D eigenvalue weighted by Crippen LogP contribution is 2.34. The molecule has 0 saturated carbocycles. The number of nitrogens with two attached hydrogens (primary N) is 1. The molecule has 3 N–H and O–H groups in total. The monoisotopic (exact) mass is 298 g/mol. The number of hydrogen-bond acceptors (Lipinski definition) is 7. The van der Waals surface area contributed by atoms with Crippen LogP contribution in [-0.4, -0.2) is 20.4 Å². The van der Waals surface area contributed by atoms with Gasteiger partial charge < -0.3 is 10.2 Å². The molecule has 9 heteroatoms. The molecule has 1 aliphatic rings. The Labute approximate surface area is 123 Å². The zero-order valence-corrected chi connectivity index (χ0v) is 11.1. The van der Waals surface area contributed by atoms with Gasteiger partial charge in [0.1, 0.15) is 4.92 Å². The first kappa shape index (κ1) is 12.4. The average Bonchev–Trinajstić information content (AvgIpc) is 3.10. The molecule has 22 heavy (non-hydrogen) atoms. The van der Waals surface area contributed by atoms with Gasteiger partial charge in [0.05, 0.1) is 17.1 Å². The molecule has 0 fully saturated rings. The second-order valence-electron chi connectivity index (χ2n) is 4.74. The van der Waals surface area contributed by atoms with Gasteiger partial charge in [0, 0.05) is 0 Å². The summed E-state index contributed by atoms with van der Waals surface area (Å²) in [5, 5.41) is 13.7. The fourth-order valence-electron chi connectivity index (χ4n) is 2.49. The van der Waals surface area contributed by atoms with E-state index in [0.29, 0.717) is 11.7 Å². The van der Waals surface area contributed by atoms with Gasteiger partial charge in [-0.05, 0) is 18.2 Å². The lowest BCUT2D eigenvalue weighted by atomic mass is 10.3. The number of nitro groups is 1. The minimum atomic E-state index is -0.641. The van der Waals surface area contributed by atoms with Crippen molar-refractivity contribution in [1.29, 1.82) is 0 Å². The van der Waals surface area contributed by atoms with Gasteiger partial charge >= 0.3 is 5.88 Å². The fraction of sp³-hybridized carbons (Fsp3) is 0.0769. The number of anilines is 1. The Kier molecular flexibility index (Phi) is 2.43. The summed E-state index contributed by atoms with van der Waals surface area (Å²) in [5.41, 5.74) is 7.36. The van der Waals surface area contributed by atoms with Crippen LogP contribution in [0.15, 0.2) is 45.8 Å². The maximum atomic E-state index is 10.8. The summed E-state index contributed by atoms with van der Waals surface area (Å²) in [6, 6.07) is 10.3. The average molecular weight is 298 g/mol. The Morgan fingerprint density at radius 1 is 1.32 bits per heavy atom. The van der Waals surface area contributed by atoms with Crippen LogP contribution in [0.25, 0.3) is 11.0 Å². The summed E-state index contributed by atoms with van der Waals surface area (Å²) in [6.07, 6.45) is -0.641. The highest BCUT2D eigenvalue weighted by Gasteiger charge is 2.28. The van der Waals surface area contributed by atoms with Crippen molar-refractivity contribution in [2.45, 2.75) is 6.17 Å². The van der Waals surface area contributed by atoms with Crippen LogP contribution in [0, 0.1) is 10.1 Å². The molecule has 1 aromatic carbocycles. The molecular formula is C13H10N6O3. The molecule has 9 nitrogen and oxygen atoms in total. The summed E-state index contributed by atoms with van der Waals surface area (Å²) in [5.74, 6) is 0.665. The molecule has 0 amide bonds. The summed E-state index contributed by atoms with van der Waals surface area (Å²) >= 11 is 0. The van der Waals surface area contributed by atoms with E-state index in [4.69, 9.17) is 10.2 Å². The zero-order chi connectivity index (χ0) is 15.3. The van der Waals surface area contributed by atoms with Gasteiger partial charge in [0.15, 0.2) is 17.9 Å². The van der Waals surface area contributed by atoms with Crippen LogP contribution in [0.5, 0.6) is 0 Å². The molecule has 3 heterocycles. The lowest BCUT2D eigenvalue weighted by molar-refractivity contribution is -0.402. The number of para-hydroxylation sites is 2. The van der Waals surface area contributed by atoms with Crippen LogP contribution in [-0.2, 0) is 0 Å². The highest BCUT2D eigenvalue weighted by atomic mass is 16.6. The lowest BCUT2D eigenvalue weighted by Crippen LogP contribution is -2.31. The maximum absolute atomic E-state index is 10.8. The number of guanidine groups is 1. The summed E-state index contributed by atoms with van der Waals surface area (Å²) < 4.78 is 7.06. The van der Waals surface area contributed by atoms with Crippen molar-refractivity contribution in [2.75, 3.05) is 5.32 Å². The molecule has 4 rings (SSSR count). The van der Waals surface area contributed by atoms with Gasteiger partial charge in [0.25, 0.3) is 0 Å². The number of aromatic nitrogens is 2. The number of benzene rings is 1. The molecule has 110 valence electrons. The van der Waals surface area contributed by atoms with Crippen LogP contribution in [0.4, 0.5) is 11.8 Å². The summed E-state index contributed by atoms with van der Waals surface area (Å²) in [7, 11) is 0. The summed E-state index contributed by atoms with van der Waals surface area (Å²) in [4.78, 5) is 18.9. The van der Waals surface area contributed by atoms with Gasteiger partial charge in [-0.3, -0.25) is 20.0 Å². The Morgan fingerprint density at radius 2 is 2.14 bits per heavy atom. The first-order chi connectivity index (χ1) is 10.6. The molecule has 0 aliphatic carbocycles. The number of furan rings is 1. The number of fused-ring (bicyclic) bond motifs is 3. The Bertz CT molecular complexity index is 925. The van der Waals surface area contributed by atoms with Crippen molar-refractivity contribution in [3.05, 3.63) is 52.3 Å². The standard InChI is InChI=1S/C13H10N6O3/c14-12-16-11(9-5-6-10(22-9)19(20)21)18-8-4-2-1-3-7(8)15-13(18)17-12/h1-6,11H,(H3,14,15,16,17)/t11-/m0/s1. The van der Waals surface area contributed by atoms with Crippen LogP contribution in [0.3, 0.4) is 0 Å². The predicted molar refractivity (Wildman–Crippen MR) is 78.5 cm³/mol. The molecule has 3 aromatic rings. The van der Waals surface area contributed by atoms with Gasteiger partial charge in [-0.25, -0.2) is 9.98 Å². The third-order valence-electron chi connectivity index (χ3n) is 3.39. The van der Waals surface area contributed by atoms with Gasteiger partial charge in [0.2, 0.25) is 5.95 Å². The largest absolute Gasteiger partial charge is 0.433 e. The maximum Gasteiger partial charge on any atom is 0.433 e. The zero-order valence-electron chi connectivity index (χ0n) is 11.1. The number of nitrogens with one attached hydrogen (secondary N) is 1. The normalized spacial score (nSPS) is 16.9. The van der Waals surface area contributed by atoms with Crippen molar-refractivity contribution >= 4 is 28.8 Å². The van der Waals surface area contributed by atoms with Crippen molar-refractivity contribution in [3.63, 3.8) is 0 Å². The molecule has 2 aromatic heterocycles. The predicted octanol–water partition coefficient (Wildman–Crippen LogP) is 1.82. The minimum absolute atomic E-state index is 0.173. The number of nitrogens with zero attached hydrogens (tertiary/aromatic N) is 4. The van der Waals surface area contributed by atoms with E-state index >= 15 is 0 Å². The van der Waals surface area contributed by atoms with E-state index in [1.165, 1.54) is 12.1 Å². The van der Waals surface area contributed by atoms with E-state index in [1.54, 1.807) is 4.57 Å². The Morgan fingerprint density at radius 3 is 2.91 bits per heavy atom. The van der Waals surface area contributed by atoms with Crippen LogP contribution >= 0.6 is 0 Å². The molecule has 0 bridgehead atoms. The Hall–Kier alpha value is -3.36. The van der Waals surface area contributed by atoms with Crippen molar-refractivity contribution in [3.8, 4) is 0 Å². The fourth-order valence-corrected chi connectivity index (χ4v) is 2.49. The van der Waals surface area contributed by atoms with Gasteiger partial charge in [-0.15, -0.1) is 0 Å². The first-order valence-electron chi connectivity index (χ1n) is 6.45. The molecule has 0 spiro atoms. The van der Waals surface area contributed by atoms with E-state index in [-0.39, 0.29) is 11.8 Å². The van der Waals surface area contributed by atoms with E-state index in [2.05, 4.69) is 15.3 Å². The molecule has 0 unspecified atom stereocenters. The number of rotatable bonds is 2. The topological polar surface area (TPSA) is 125 Å². The number of imidazole rings is 1. The SMILES string of the molecule is NC1=N[C@H](c2ccc([N+](=O)[O-])o2)n2c(nc3ccccc32)N1. The van der Waals surface area contributed by atoms with Crippen LogP contribution < -0.4 is 11.1 Å². The second-order valence-corrected chi connectivity index (χ2v) is 4.74. The Balaban J connectivity index is 1.91. The first-order valence-corrected chi connectivity index (χ1v) is 6.45. The van der Waals surface area contributed by atoms with E-state index in [0.717, 1.165) is 11.0 Å². The third-order valence-corrected chi connectivity index (χ3v) is 3.39. The van der Waals surface area contributed by atoms with Crippen LogP contribution in [0.1, 0.15) is 11.9 Å². The van der Waals surface area contributed by atoms with Crippen molar-refractivity contribution < 1.29 is 9.34 Å². The van der Waals surface area contributed by atoms with Crippen LogP contribution in [0.2, 0.25) is 0 Å². The van der Waals surface area contributed by atoms with Gasteiger partial charge in [-0.2, -0.15) is 0 Å². The minimum Gasteiger partial charge on any atom is -0.401 e. The molecule has 0 radical (unpaired) electrons. The van der Waals surface area contributed by atoms with E-state index in [9.17, 15) is 10.1 Å². The highest BCUT2D eigenvalue weighted by molar-refractivity contribution is 5.94. The lowest BCUT2D eigenvalue weighted by Gasteiger charge is -2.21. The second kappa shape index (κ2) is 4.32. The molecule has 1 atom stereocenters. The number of aliphatic imine (C=N–C) groups is 1. The van der Waals surface area contributed by atoms with Crippen molar-refractivity contribution in [2.24, 2.45) is 10.7 Å². The van der Waals surface area contributed by atoms with Crippen molar-refractivity contribution in [1.82, 2.24) is 9.55 Å². The van der Waals surface area contributed by atoms with E-state index in [1.807, 2.05) is 24.3 Å². The quantitative estimate of drug-likeness (QED) is 0.549. The molecule has 1 aliphatic heterocycles. The van der Waals surface area contributed by atoms with E-state index < -0.39 is 11.1 Å². The smallest absolute Gasteiger partial charge is 0.401 e. The number of hydrogen-bond donors (Lipinski definition) is 2. The third kappa shape index (κ3) is 1.72. The van der Waals surface area contributed by atoms with Gasteiger partial charge in [-0.1, -0.05) is 12.1 Å². The molecular weight excluding hydrogens is 288 g/mol. The molecule has 0 saturated heterocycles. The summed E-state index contributed by atoms with van der Waals surface area (Å²) in [6.45, 7) is 0.